The summed E-state index contributed by atoms with van der Waals surface area (Å²) in [6.07, 6.45) is 5.07. The molecule has 2 N–H and O–H groups in total. The average Bonchev–Trinajstić information content (AvgIpc) is 3.08. The van der Waals surface area contributed by atoms with Crippen LogP contribution < -0.4 is 10.7 Å². The molecule has 1 heterocycles. The zero-order valence-corrected chi connectivity index (χ0v) is 12.5. The maximum atomic E-state index is 11.6. The molecule has 0 saturated carbocycles. The number of nitrogens with one attached hydrogen (secondary N) is 2. The Morgan fingerprint density at radius 2 is 1.95 bits per heavy atom. The lowest BCUT2D eigenvalue weighted by molar-refractivity contribution is -0.120. The zero-order chi connectivity index (χ0) is 15.6. The molecule has 22 heavy (non-hydrogen) atoms. The summed E-state index contributed by atoms with van der Waals surface area (Å²) < 4.78 is 0. The normalized spacial score (nSPS) is 10.9. The first-order valence-electron chi connectivity index (χ1n) is 6.61. The van der Waals surface area contributed by atoms with E-state index in [1.165, 1.54) is 17.6 Å². The second-order valence-corrected chi connectivity index (χ2v) is 5.19. The van der Waals surface area contributed by atoms with Gasteiger partial charge in [-0.25, -0.2) is 5.43 Å². The second kappa shape index (κ2) is 8.53. The van der Waals surface area contributed by atoms with Gasteiger partial charge >= 0.3 is 0 Å². The van der Waals surface area contributed by atoms with E-state index in [2.05, 4.69) is 15.8 Å². The van der Waals surface area contributed by atoms with E-state index in [1.807, 2.05) is 36.4 Å². The highest BCUT2D eigenvalue weighted by atomic mass is 32.1. The van der Waals surface area contributed by atoms with E-state index in [9.17, 15) is 9.59 Å². The first-order valence-corrected chi connectivity index (χ1v) is 7.49. The van der Waals surface area contributed by atoms with Crippen LogP contribution in [0.2, 0.25) is 0 Å². The Bertz CT molecular complexity index is 664. The highest BCUT2D eigenvalue weighted by Crippen LogP contribution is 2.07. The molecule has 0 aliphatic rings. The van der Waals surface area contributed by atoms with Gasteiger partial charge in [-0.15, -0.1) is 11.3 Å². The van der Waals surface area contributed by atoms with Crippen LogP contribution in [0.15, 0.2) is 59.0 Å². The molecular weight excluding hydrogens is 298 g/mol. The van der Waals surface area contributed by atoms with Crippen molar-refractivity contribution in [2.45, 2.75) is 0 Å². The van der Waals surface area contributed by atoms with Gasteiger partial charge in [-0.05, 0) is 23.1 Å². The van der Waals surface area contributed by atoms with Crippen LogP contribution in [0.3, 0.4) is 0 Å². The number of amides is 2. The zero-order valence-electron chi connectivity index (χ0n) is 11.7. The Hall–Kier alpha value is -2.73. The highest BCUT2D eigenvalue weighted by Gasteiger charge is 2.07. The van der Waals surface area contributed by atoms with Crippen LogP contribution in [0.4, 0.5) is 0 Å². The fraction of sp³-hybridized carbons (Fsp3) is 0.0625. The first-order chi connectivity index (χ1) is 10.8. The van der Waals surface area contributed by atoms with Gasteiger partial charge in [0.15, 0.2) is 0 Å². The van der Waals surface area contributed by atoms with Gasteiger partial charge < -0.3 is 5.32 Å². The van der Waals surface area contributed by atoms with Crippen molar-refractivity contribution in [3.8, 4) is 0 Å². The first kappa shape index (κ1) is 15.7. The number of rotatable bonds is 6. The summed E-state index contributed by atoms with van der Waals surface area (Å²) in [6.45, 7) is -0.115. The molecule has 0 aliphatic heterocycles. The fourth-order valence-electron chi connectivity index (χ4n) is 1.57. The molecule has 6 heteroatoms. The lowest BCUT2D eigenvalue weighted by atomic mass is 10.2. The van der Waals surface area contributed by atoms with E-state index in [4.69, 9.17) is 0 Å². The number of nitrogens with zero attached hydrogens (tertiary/aromatic N) is 1. The van der Waals surface area contributed by atoms with Gasteiger partial charge in [0.25, 0.3) is 11.8 Å². The Kier molecular flexibility index (Phi) is 6.07. The lowest BCUT2D eigenvalue weighted by Crippen LogP contribution is -2.34. The quantitative estimate of drug-likeness (QED) is 0.634. The topological polar surface area (TPSA) is 70.6 Å². The maximum Gasteiger partial charge on any atom is 0.261 e. The standard InChI is InChI=1S/C16H15N3O2S/c20-15(12-17-16(21)14-9-5-11-22-14)19-18-10-4-8-13-6-2-1-3-7-13/h1-11H,12H2,(H,17,21)(H,19,20)/b8-4+,18-10-. The van der Waals surface area contributed by atoms with Crippen LogP contribution in [-0.4, -0.2) is 24.6 Å². The molecule has 1 aromatic carbocycles. The Morgan fingerprint density at radius 3 is 2.68 bits per heavy atom. The summed E-state index contributed by atoms with van der Waals surface area (Å²) in [6, 6.07) is 13.2. The molecule has 2 rings (SSSR count). The van der Waals surface area contributed by atoms with Crippen LogP contribution in [0.5, 0.6) is 0 Å². The summed E-state index contributed by atoms with van der Waals surface area (Å²) >= 11 is 1.32. The van der Waals surface area contributed by atoms with Crippen molar-refractivity contribution in [1.29, 1.82) is 0 Å². The van der Waals surface area contributed by atoms with E-state index in [1.54, 1.807) is 23.6 Å². The summed E-state index contributed by atoms with van der Waals surface area (Å²) in [5, 5.41) is 8.09. The summed E-state index contributed by atoms with van der Waals surface area (Å²) in [4.78, 5) is 23.7. The molecule has 5 nitrogen and oxygen atoms in total. The van der Waals surface area contributed by atoms with Crippen molar-refractivity contribution in [3.05, 3.63) is 64.4 Å². The fourth-order valence-corrected chi connectivity index (χ4v) is 2.21. The Morgan fingerprint density at radius 1 is 1.14 bits per heavy atom. The molecule has 0 aliphatic carbocycles. The second-order valence-electron chi connectivity index (χ2n) is 4.24. The van der Waals surface area contributed by atoms with E-state index in [0.717, 1.165) is 5.56 Å². The van der Waals surface area contributed by atoms with Crippen molar-refractivity contribution in [1.82, 2.24) is 10.7 Å². The van der Waals surface area contributed by atoms with E-state index in [-0.39, 0.29) is 18.4 Å². The van der Waals surface area contributed by atoms with E-state index in [0.29, 0.717) is 4.88 Å². The number of carbonyl (C=O) groups excluding carboxylic acids is 2. The molecule has 0 fully saturated rings. The monoisotopic (exact) mass is 313 g/mol. The van der Waals surface area contributed by atoms with Crippen molar-refractivity contribution < 1.29 is 9.59 Å². The summed E-state index contributed by atoms with van der Waals surface area (Å²) in [7, 11) is 0. The van der Waals surface area contributed by atoms with Crippen LogP contribution in [-0.2, 0) is 4.79 Å². The third-order valence-corrected chi connectivity index (χ3v) is 3.46. The SMILES string of the molecule is O=C(CNC(=O)c1cccs1)N/N=C\C=C\c1ccccc1. The Balaban J connectivity index is 1.68. The van der Waals surface area contributed by atoms with Gasteiger partial charge in [0.1, 0.15) is 0 Å². The van der Waals surface area contributed by atoms with Crippen LogP contribution in [0.25, 0.3) is 6.08 Å². The van der Waals surface area contributed by atoms with Crippen molar-refractivity contribution in [2.24, 2.45) is 5.10 Å². The molecule has 112 valence electrons. The molecule has 2 aromatic rings. The third kappa shape index (κ3) is 5.34. The van der Waals surface area contributed by atoms with E-state index < -0.39 is 0 Å². The van der Waals surface area contributed by atoms with Gasteiger partial charge in [-0.3, -0.25) is 9.59 Å². The number of hydrogen-bond donors (Lipinski definition) is 2. The number of carbonyl (C=O) groups is 2. The maximum absolute atomic E-state index is 11.6. The molecule has 0 radical (unpaired) electrons. The van der Waals surface area contributed by atoms with Crippen LogP contribution >= 0.6 is 11.3 Å². The number of hydrazone groups is 1. The largest absolute Gasteiger partial charge is 0.342 e. The lowest BCUT2D eigenvalue weighted by Gasteiger charge is -2.01. The van der Waals surface area contributed by atoms with Gasteiger partial charge in [-0.1, -0.05) is 42.5 Å². The number of hydrogen-bond acceptors (Lipinski definition) is 4. The number of allylic oxidation sites excluding steroid dienone is 1. The van der Waals surface area contributed by atoms with Crippen molar-refractivity contribution in [2.75, 3.05) is 6.54 Å². The predicted molar refractivity (Wildman–Crippen MR) is 88.8 cm³/mol. The number of thiophene rings is 1. The number of benzene rings is 1. The van der Waals surface area contributed by atoms with E-state index >= 15 is 0 Å². The summed E-state index contributed by atoms with van der Waals surface area (Å²) in [5.74, 6) is -0.646. The molecule has 0 atom stereocenters. The van der Waals surface area contributed by atoms with Crippen molar-refractivity contribution >= 4 is 35.4 Å². The molecular formula is C16H15N3O2S. The van der Waals surface area contributed by atoms with Crippen LogP contribution in [0.1, 0.15) is 15.2 Å². The molecule has 2 amide bonds. The minimum atomic E-state index is -0.380. The van der Waals surface area contributed by atoms with Gasteiger partial charge in [0.05, 0.1) is 11.4 Å². The molecule has 0 unspecified atom stereocenters. The highest BCUT2D eigenvalue weighted by molar-refractivity contribution is 7.12. The predicted octanol–water partition coefficient (Wildman–Crippen LogP) is 2.29. The summed E-state index contributed by atoms with van der Waals surface area (Å²) in [5.41, 5.74) is 3.38. The smallest absolute Gasteiger partial charge is 0.261 e. The molecule has 0 bridgehead atoms. The molecule has 1 aromatic heterocycles. The molecule has 0 spiro atoms. The van der Waals surface area contributed by atoms with Gasteiger partial charge in [0.2, 0.25) is 0 Å². The van der Waals surface area contributed by atoms with Crippen LogP contribution in [0, 0.1) is 0 Å². The van der Waals surface area contributed by atoms with Crippen molar-refractivity contribution in [3.63, 3.8) is 0 Å². The minimum Gasteiger partial charge on any atom is -0.342 e. The minimum absolute atomic E-state index is 0.115. The average molecular weight is 313 g/mol. The Labute approximate surface area is 132 Å². The van der Waals surface area contributed by atoms with Gasteiger partial charge in [0, 0.05) is 6.21 Å². The molecule has 0 saturated heterocycles. The van der Waals surface area contributed by atoms with Gasteiger partial charge in [-0.2, -0.15) is 5.10 Å². The third-order valence-electron chi connectivity index (χ3n) is 2.59.